The summed E-state index contributed by atoms with van der Waals surface area (Å²) in [6.45, 7) is 2.19. The van der Waals surface area contributed by atoms with Crippen LogP contribution in [0.15, 0.2) is 36.4 Å². The van der Waals surface area contributed by atoms with Gasteiger partial charge >= 0.3 is 5.97 Å². The normalized spacial score (nSPS) is 9.79. The van der Waals surface area contributed by atoms with Gasteiger partial charge in [0.05, 0.1) is 13.0 Å². The minimum Gasteiger partial charge on any atom is -0.466 e. The summed E-state index contributed by atoms with van der Waals surface area (Å²) in [6.07, 6.45) is 0.254. The Bertz CT molecular complexity index is 572. The highest BCUT2D eigenvalue weighted by Gasteiger charge is 2.09. The number of hydrazine groups is 1. The maximum atomic E-state index is 11.6. The molecule has 2 aromatic rings. The van der Waals surface area contributed by atoms with Gasteiger partial charge in [-0.1, -0.05) is 24.3 Å². The number of hydrogen-bond acceptors (Lipinski definition) is 4. The van der Waals surface area contributed by atoms with Crippen molar-refractivity contribution in [2.45, 2.75) is 13.3 Å². The number of halogens is 1. The summed E-state index contributed by atoms with van der Waals surface area (Å²) in [4.78, 5) is 11.6. The van der Waals surface area contributed by atoms with Crippen molar-refractivity contribution >= 4 is 34.8 Å². The van der Waals surface area contributed by atoms with E-state index in [2.05, 4.69) is 5.43 Å². The van der Waals surface area contributed by atoms with E-state index < -0.39 is 0 Å². The zero-order valence-electron chi connectivity index (χ0n) is 10.7. The van der Waals surface area contributed by atoms with E-state index in [1.54, 1.807) is 6.92 Å². The first-order valence-corrected chi connectivity index (χ1v) is 5.88. The van der Waals surface area contributed by atoms with Gasteiger partial charge in [0.2, 0.25) is 0 Å². The molecule has 2 aromatic carbocycles. The van der Waals surface area contributed by atoms with Gasteiger partial charge in [0.15, 0.2) is 0 Å². The molecule has 4 nitrogen and oxygen atoms in total. The van der Waals surface area contributed by atoms with Crippen LogP contribution < -0.4 is 11.3 Å². The molecule has 0 saturated heterocycles. The predicted octanol–water partition coefficient (Wildman–Crippen LogP) is 2.65. The van der Waals surface area contributed by atoms with Gasteiger partial charge in [-0.15, -0.1) is 12.4 Å². The van der Waals surface area contributed by atoms with Crippen molar-refractivity contribution in [3.05, 3.63) is 42.0 Å². The Balaban J connectivity index is 0.00000180. The maximum Gasteiger partial charge on any atom is 0.310 e. The Morgan fingerprint density at radius 1 is 1.32 bits per heavy atom. The minimum atomic E-state index is -0.225. The molecule has 0 spiro atoms. The molecule has 102 valence electrons. The molecule has 0 atom stereocenters. The summed E-state index contributed by atoms with van der Waals surface area (Å²) in [7, 11) is 0. The predicted molar refractivity (Wildman–Crippen MR) is 79.3 cm³/mol. The molecule has 0 aromatic heterocycles. The largest absolute Gasteiger partial charge is 0.466 e. The summed E-state index contributed by atoms with van der Waals surface area (Å²) in [6, 6.07) is 11.7. The van der Waals surface area contributed by atoms with Crippen LogP contribution in [0.25, 0.3) is 10.8 Å². The van der Waals surface area contributed by atoms with Gasteiger partial charge in [-0.05, 0) is 35.4 Å². The quantitative estimate of drug-likeness (QED) is 0.513. The molecule has 0 bridgehead atoms. The molecule has 19 heavy (non-hydrogen) atoms. The van der Waals surface area contributed by atoms with Crippen LogP contribution in [0.5, 0.6) is 0 Å². The van der Waals surface area contributed by atoms with Crippen molar-refractivity contribution in [3.63, 3.8) is 0 Å². The minimum absolute atomic E-state index is 0. The Morgan fingerprint density at radius 2 is 2.05 bits per heavy atom. The fraction of sp³-hybridized carbons (Fsp3) is 0.214. The van der Waals surface area contributed by atoms with Crippen molar-refractivity contribution in [2.75, 3.05) is 12.0 Å². The smallest absolute Gasteiger partial charge is 0.310 e. The Kier molecular flexibility index (Phi) is 5.60. The molecular formula is C14H17ClN2O2. The lowest BCUT2D eigenvalue weighted by Crippen LogP contribution is -2.10. The lowest BCUT2D eigenvalue weighted by molar-refractivity contribution is -0.142. The number of fused-ring (bicyclic) bond motifs is 1. The number of hydrogen-bond donors (Lipinski definition) is 2. The fourth-order valence-corrected chi connectivity index (χ4v) is 1.99. The Morgan fingerprint density at radius 3 is 2.74 bits per heavy atom. The van der Waals surface area contributed by atoms with Crippen LogP contribution in [0.4, 0.5) is 5.69 Å². The molecule has 0 saturated carbocycles. The van der Waals surface area contributed by atoms with Gasteiger partial charge in [0.1, 0.15) is 0 Å². The fourth-order valence-electron chi connectivity index (χ4n) is 1.99. The van der Waals surface area contributed by atoms with Gasteiger partial charge in [0.25, 0.3) is 0 Å². The number of nitrogens with two attached hydrogens (primary N) is 1. The third kappa shape index (κ3) is 3.59. The molecule has 0 aliphatic rings. The van der Waals surface area contributed by atoms with Crippen LogP contribution in [0, 0.1) is 0 Å². The van der Waals surface area contributed by atoms with Crippen molar-refractivity contribution < 1.29 is 9.53 Å². The Hall–Kier alpha value is -1.78. The zero-order valence-corrected chi connectivity index (χ0v) is 11.5. The summed E-state index contributed by atoms with van der Waals surface area (Å²) < 4.78 is 4.98. The first kappa shape index (κ1) is 15.3. The lowest BCUT2D eigenvalue weighted by Gasteiger charge is -2.09. The number of esters is 1. The monoisotopic (exact) mass is 280 g/mol. The van der Waals surface area contributed by atoms with E-state index in [1.807, 2.05) is 36.4 Å². The van der Waals surface area contributed by atoms with Crippen molar-refractivity contribution in [2.24, 2.45) is 5.84 Å². The van der Waals surface area contributed by atoms with Gasteiger partial charge in [-0.3, -0.25) is 10.6 Å². The Labute approximate surface area is 118 Å². The van der Waals surface area contributed by atoms with E-state index in [4.69, 9.17) is 10.6 Å². The second-order valence-electron chi connectivity index (χ2n) is 3.98. The molecule has 3 N–H and O–H groups in total. The summed E-state index contributed by atoms with van der Waals surface area (Å²) in [5.41, 5.74) is 4.31. The van der Waals surface area contributed by atoms with Crippen LogP contribution in [-0.4, -0.2) is 12.6 Å². The van der Waals surface area contributed by atoms with Gasteiger partial charge in [-0.2, -0.15) is 0 Å². The first-order chi connectivity index (χ1) is 8.74. The molecule has 0 unspecified atom stereocenters. The van der Waals surface area contributed by atoms with Gasteiger partial charge < -0.3 is 10.2 Å². The van der Waals surface area contributed by atoms with E-state index in [0.29, 0.717) is 6.61 Å². The van der Waals surface area contributed by atoms with Crippen LogP contribution in [0.1, 0.15) is 12.5 Å². The molecule has 2 rings (SSSR count). The number of ether oxygens (including phenoxy) is 1. The van der Waals surface area contributed by atoms with Gasteiger partial charge in [-0.25, -0.2) is 0 Å². The number of nitrogen functional groups attached to an aromatic ring is 1. The van der Waals surface area contributed by atoms with E-state index >= 15 is 0 Å². The zero-order chi connectivity index (χ0) is 13.0. The molecule has 0 aliphatic heterocycles. The molecule has 0 heterocycles. The molecule has 0 amide bonds. The van der Waals surface area contributed by atoms with E-state index in [9.17, 15) is 4.79 Å². The first-order valence-electron chi connectivity index (χ1n) is 5.88. The number of benzene rings is 2. The second kappa shape index (κ2) is 6.97. The molecule has 5 heteroatoms. The van der Waals surface area contributed by atoms with Gasteiger partial charge in [0, 0.05) is 5.69 Å². The number of rotatable bonds is 4. The van der Waals surface area contributed by atoms with Crippen molar-refractivity contribution in [3.8, 4) is 0 Å². The lowest BCUT2D eigenvalue weighted by atomic mass is 10.0. The molecule has 0 fully saturated rings. The van der Waals surface area contributed by atoms with Crippen LogP contribution in [0.3, 0.4) is 0 Å². The SMILES string of the molecule is CCOC(=O)Cc1cc(NN)cc2ccccc12.Cl. The molecule has 0 radical (unpaired) electrons. The summed E-state index contributed by atoms with van der Waals surface area (Å²) in [5, 5.41) is 2.09. The number of carbonyl (C=O) groups excluding carboxylic acids is 1. The number of nitrogens with one attached hydrogen (secondary N) is 1. The summed E-state index contributed by atoms with van der Waals surface area (Å²) in [5.74, 6) is 5.21. The average molecular weight is 281 g/mol. The number of carbonyl (C=O) groups is 1. The van der Waals surface area contributed by atoms with Crippen LogP contribution >= 0.6 is 12.4 Å². The topological polar surface area (TPSA) is 64.3 Å². The third-order valence-corrected chi connectivity index (χ3v) is 2.75. The standard InChI is InChI=1S/C14H16N2O2.ClH/c1-2-18-14(17)9-11-8-12(16-15)7-10-5-3-4-6-13(10)11;/h3-8,16H,2,9,15H2,1H3;1H. The highest BCUT2D eigenvalue weighted by molar-refractivity contribution is 5.91. The van der Waals surface area contributed by atoms with Crippen LogP contribution in [-0.2, 0) is 16.0 Å². The maximum absolute atomic E-state index is 11.6. The highest BCUT2D eigenvalue weighted by atomic mass is 35.5. The van der Waals surface area contributed by atoms with E-state index in [-0.39, 0.29) is 24.8 Å². The number of anilines is 1. The second-order valence-corrected chi connectivity index (χ2v) is 3.98. The highest BCUT2D eigenvalue weighted by Crippen LogP contribution is 2.24. The molecule has 0 aliphatic carbocycles. The average Bonchev–Trinajstić information content (AvgIpc) is 2.38. The molecular weight excluding hydrogens is 264 g/mol. The summed E-state index contributed by atoms with van der Waals surface area (Å²) >= 11 is 0. The third-order valence-electron chi connectivity index (χ3n) is 2.75. The van der Waals surface area contributed by atoms with Crippen molar-refractivity contribution in [1.29, 1.82) is 0 Å². The van der Waals surface area contributed by atoms with E-state index in [0.717, 1.165) is 22.0 Å². The van der Waals surface area contributed by atoms with Crippen LogP contribution in [0.2, 0.25) is 0 Å². The van der Waals surface area contributed by atoms with Crippen molar-refractivity contribution in [1.82, 2.24) is 0 Å². The van der Waals surface area contributed by atoms with E-state index in [1.165, 1.54) is 0 Å².